The van der Waals surface area contributed by atoms with Gasteiger partial charge in [0.05, 0.1) is 0 Å². The van der Waals surface area contributed by atoms with E-state index in [9.17, 15) is 9.59 Å². The fourth-order valence-corrected chi connectivity index (χ4v) is 1.02. The highest BCUT2D eigenvalue weighted by Gasteiger charge is 2.13. The first-order valence-corrected chi connectivity index (χ1v) is 4.63. The highest BCUT2D eigenvalue weighted by Crippen LogP contribution is 2.08. The molecule has 6 heteroatoms. The first kappa shape index (κ1) is 12.0. The number of anilines is 1. The number of hydrogen-bond acceptors (Lipinski definition) is 3. The third kappa shape index (κ3) is 2.69. The number of carboxylic acid groups (broad SMARTS) is 1. The largest absolute Gasteiger partial charge is 0.478 e. The molecule has 0 spiro atoms. The number of nitrogens with zero attached hydrogens (tertiary/aromatic N) is 2. The Balaban J connectivity index is 2.81. The average Bonchev–Trinajstić information content (AvgIpc) is 2.61. The van der Waals surface area contributed by atoms with Crippen molar-refractivity contribution in [1.29, 1.82) is 0 Å². The van der Waals surface area contributed by atoms with Crippen LogP contribution < -0.4 is 5.32 Å². The van der Waals surface area contributed by atoms with Crippen LogP contribution in [0.1, 0.15) is 13.8 Å². The molecule has 2 N–H and O–H groups in total. The summed E-state index contributed by atoms with van der Waals surface area (Å²) in [6.45, 7) is 2.84. The van der Waals surface area contributed by atoms with Crippen molar-refractivity contribution >= 4 is 17.7 Å². The summed E-state index contributed by atoms with van der Waals surface area (Å²) in [5.41, 5.74) is 0.187. The first-order valence-electron chi connectivity index (χ1n) is 4.63. The number of carboxylic acids is 1. The van der Waals surface area contributed by atoms with Gasteiger partial charge in [-0.3, -0.25) is 9.48 Å². The third-order valence-corrected chi connectivity index (χ3v) is 2.18. The van der Waals surface area contributed by atoms with Crippen molar-refractivity contribution in [2.75, 3.05) is 5.32 Å². The molecule has 0 aliphatic rings. The topological polar surface area (TPSA) is 84.2 Å². The molecule has 0 aliphatic carbocycles. The fourth-order valence-electron chi connectivity index (χ4n) is 1.02. The number of amides is 1. The molecule has 0 radical (unpaired) electrons. The van der Waals surface area contributed by atoms with Gasteiger partial charge in [-0.05, 0) is 13.8 Å². The number of nitrogens with one attached hydrogen (secondary N) is 1. The standard InChI is InChI=1S/C10H13N3O3/c1-6(7(2)10(15)16)9(14)11-8-4-5-13(3)12-8/h4-5H,1-3H3,(H,15,16)(H,11,12,14). The molecule has 0 unspecified atom stereocenters. The summed E-state index contributed by atoms with van der Waals surface area (Å²) in [4.78, 5) is 22.2. The predicted octanol–water partition coefficient (Wildman–Crippen LogP) is 0.780. The molecule has 0 saturated carbocycles. The highest BCUT2D eigenvalue weighted by molar-refractivity contribution is 6.07. The number of carbonyl (C=O) groups is 2. The number of rotatable bonds is 3. The molecule has 0 fully saturated rings. The number of aliphatic carboxylic acids is 1. The Bertz CT molecular complexity index is 460. The molecule has 1 amide bonds. The van der Waals surface area contributed by atoms with E-state index in [0.717, 1.165) is 0 Å². The Morgan fingerprint density at radius 1 is 1.38 bits per heavy atom. The van der Waals surface area contributed by atoms with Gasteiger partial charge in [-0.2, -0.15) is 5.10 Å². The Hall–Kier alpha value is -2.11. The van der Waals surface area contributed by atoms with E-state index in [1.54, 1.807) is 24.0 Å². The van der Waals surface area contributed by atoms with Crippen molar-refractivity contribution in [3.63, 3.8) is 0 Å². The fraction of sp³-hybridized carbons (Fsp3) is 0.300. The van der Waals surface area contributed by atoms with Gasteiger partial charge < -0.3 is 10.4 Å². The van der Waals surface area contributed by atoms with E-state index in [1.807, 2.05) is 0 Å². The smallest absolute Gasteiger partial charge is 0.331 e. The molecule has 1 rings (SSSR count). The van der Waals surface area contributed by atoms with Crippen LogP contribution in [0.15, 0.2) is 23.4 Å². The van der Waals surface area contributed by atoms with E-state index in [0.29, 0.717) is 5.82 Å². The zero-order valence-corrected chi connectivity index (χ0v) is 9.31. The summed E-state index contributed by atoms with van der Waals surface area (Å²) >= 11 is 0. The molecule has 1 aromatic heterocycles. The second-order valence-corrected chi connectivity index (χ2v) is 3.38. The van der Waals surface area contributed by atoms with Gasteiger partial charge in [0.25, 0.3) is 5.91 Å². The van der Waals surface area contributed by atoms with Crippen LogP contribution in [0.3, 0.4) is 0 Å². The van der Waals surface area contributed by atoms with Crippen LogP contribution in [0.25, 0.3) is 0 Å². The van der Waals surface area contributed by atoms with Crippen molar-refractivity contribution in [2.24, 2.45) is 7.05 Å². The first-order chi connectivity index (χ1) is 7.41. The maximum absolute atomic E-state index is 11.6. The molecule has 0 saturated heterocycles. The van der Waals surface area contributed by atoms with Gasteiger partial charge in [-0.25, -0.2) is 4.79 Å². The average molecular weight is 223 g/mol. The summed E-state index contributed by atoms with van der Waals surface area (Å²) in [6, 6.07) is 1.63. The summed E-state index contributed by atoms with van der Waals surface area (Å²) in [5, 5.41) is 15.2. The van der Waals surface area contributed by atoms with Crippen molar-refractivity contribution in [3.8, 4) is 0 Å². The van der Waals surface area contributed by atoms with Gasteiger partial charge in [-0.1, -0.05) is 0 Å². The minimum atomic E-state index is -1.10. The molecule has 1 heterocycles. The summed E-state index contributed by atoms with van der Waals surface area (Å²) < 4.78 is 1.54. The normalized spacial score (nSPS) is 11.9. The lowest BCUT2D eigenvalue weighted by atomic mass is 10.1. The zero-order chi connectivity index (χ0) is 12.3. The number of aryl methyl sites for hydroxylation is 1. The molecule has 0 aliphatic heterocycles. The Kier molecular flexibility index (Phi) is 3.44. The Labute approximate surface area is 92.6 Å². The molecule has 16 heavy (non-hydrogen) atoms. The molecule has 0 bridgehead atoms. The monoisotopic (exact) mass is 223 g/mol. The van der Waals surface area contributed by atoms with Crippen LogP contribution in [0, 0.1) is 0 Å². The van der Waals surface area contributed by atoms with Gasteiger partial charge in [0.2, 0.25) is 0 Å². The third-order valence-electron chi connectivity index (χ3n) is 2.18. The molecule has 1 aromatic rings. The lowest BCUT2D eigenvalue weighted by Gasteiger charge is -2.03. The van der Waals surface area contributed by atoms with E-state index in [2.05, 4.69) is 10.4 Å². The van der Waals surface area contributed by atoms with Crippen LogP contribution in [0.4, 0.5) is 5.82 Å². The highest BCUT2D eigenvalue weighted by atomic mass is 16.4. The van der Waals surface area contributed by atoms with Crippen LogP contribution in [-0.2, 0) is 16.6 Å². The van der Waals surface area contributed by atoms with Gasteiger partial charge >= 0.3 is 5.97 Å². The van der Waals surface area contributed by atoms with Gasteiger partial charge in [0.15, 0.2) is 5.82 Å². The van der Waals surface area contributed by atoms with E-state index in [1.165, 1.54) is 13.8 Å². The molecule has 0 atom stereocenters. The van der Waals surface area contributed by atoms with E-state index in [-0.39, 0.29) is 11.1 Å². The molecular weight excluding hydrogens is 210 g/mol. The SMILES string of the molecule is CC(C(=O)O)=C(C)C(=O)Nc1ccn(C)n1. The van der Waals surface area contributed by atoms with Crippen molar-refractivity contribution in [1.82, 2.24) is 9.78 Å². The van der Waals surface area contributed by atoms with Crippen LogP contribution in [0.2, 0.25) is 0 Å². The minimum Gasteiger partial charge on any atom is -0.478 e. The Morgan fingerprint density at radius 3 is 2.44 bits per heavy atom. The second-order valence-electron chi connectivity index (χ2n) is 3.38. The maximum atomic E-state index is 11.6. The van der Waals surface area contributed by atoms with Crippen molar-refractivity contribution < 1.29 is 14.7 Å². The van der Waals surface area contributed by atoms with Crippen LogP contribution in [-0.4, -0.2) is 26.8 Å². The predicted molar refractivity (Wildman–Crippen MR) is 57.8 cm³/mol. The quantitative estimate of drug-likeness (QED) is 0.741. The van der Waals surface area contributed by atoms with Gasteiger partial charge in [0, 0.05) is 30.5 Å². The Morgan fingerprint density at radius 2 is 2.00 bits per heavy atom. The lowest BCUT2D eigenvalue weighted by Crippen LogP contribution is -2.16. The van der Waals surface area contributed by atoms with Gasteiger partial charge in [0.1, 0.15) is 0 Å². The molecule has 6 nitrogen and oxygen atoms in total. The second kappa shape index (κ2) is 4.61. The van der Waals surface area contributed by atoms with Gasteiger partial charge in [-0.15, -0.1) is 0 Å². The molecular formula is C10H13N3O3. The van der Waals surface area contributed by atoms with E-state index < -0.39 is 11.9 Å². The minimum absolute atomic E-state index is 0.0217. The number of hydrogen-bond donors (Lipinski definition) is 2. The summed E-state index contributed by atoms with van der Waals surface area (Å²) in [5.74, 6) is -1.17. The van der Waals surface area contributed by atoms with Crippen molar-refractivity contribution in [3.05, 3.63) is 23.4 Å². The summed E-state index contributed by atoms with van der Waals surface area (Å²) in [7, 11) is 1.72. The van der Waals surface area contributed by atoms with Crippen LogP contribution in [0.5, 0.6) is 0 Å². The lowest BCUT2D eigenvalue weighted by molar-refractivity contribution is -0.133. The van der Waals surface area contributed by atoms with Crippen LogP contribution >= 0.6 is 0 Å². The zero-order valence-electron chi connectivity index (χ0n) is 9.31. The van der Waals surface area contributed by atoms with Crippen molar-refractivity contribution in [2.45, 2.75) is 13.8 Å². The molecule has 86 valence electrons. The summed E-state index contributed by atoms with van der Waals surface area (Å²) in [6.07, 6.45) is 1.68. The van der Waals surface area contributed by atoms with E-state index in [4.69, 9.17) is 5.11 Å². The maximum Gasteiger partial charge on any atom is 0.331 e. The van der Waals surface area contributed by atoms with E-state index >= 15 is 0 Å². The molecule has 0 aromatic carbocycles. The number of aromatic nitrogens is 2. The number of carbonyl (C=O) groups excluding carboxylic acids is 1.